The van der Waals surface area contributed by atoms with Crippen LogP contribution in [0.5, 0.6) is 0 Å². The molecule has 0 aliphatic rings. The summed E-state index contributed by atoms with van der Waals surface area (Å²) < 4.78 is 16.4. The number of hydrogen-bond donors (Lipinski definition) is 0. The predicted octanol–water partition coefficient (Wildman–Crippen LogP) is 2.33. The first kappa shape index (κ1) is 18.9. The summed E-state index contributed by atoms with van der Waals surface area (Å²) in [5, 5.41) is 4.03. The van der Waals surface area contributed by atoms with Crippen LogP contribution in [0.2, 0.25) is 0 Å². The average Bonchev–Trinajstić information content (AvgIpc) is 2.98. The Kier molecular flexibility index (Phi) is 6.08. The predicted molar refractivity (Wildman–Crippen MR) is 96.6 cm³/mol. The van der Waals surface area contributed by atoms with Crippen LogP contribution in [-0.4, -0.2) is 59.1 Å². The minimum Gasteiger partial charge on any atom is -0.347 e. The summed E-state index contributed by atoms with van der Waals surface area (Å²) in [5.41, 5.74) is 0.844. The number of rotatable bonds is 5. The van der Waals surface area contributed by atoms with Gasteiger partial charge in [0.25, 0.3) is 0 Å². The summed E-state index contributed by atoms with van der Waals surface area (Å²) in [7, 11) is 4.78. The number of amides is 2. The lowest BCUT2D eigenvalue weighted by atomic mass is 10.2. The Labute approximate surface area is 153 Å². The average molecular weight is 409 g/mol. The molecule has 0 aliphatic heterocycles. The largest absolute Gasteiger partial charge is 0.347 e. The monoisotopic (exact) mass is 408 g/mol. The van der Waals surface area contributed by atoms with Gasteiger partial charge in [-0.15, -0.1) is 0 Å². The second-order valence-corrected chi connectivity index (χ2v) is 6.55. The van der Waals surface area contributed by atoms with E-state index in [2.05, 4.69) is 21.0 Å². The van der Waals surface area contributed by atoms with Crippen molar-refractivity contribution in [2.24, 2.45) is 0 Å². The zero-order valence-electron chi connectivity index (χ0n) is 14.1. The Morgan fingerprint density at radius 1 is 1.32 bits per heavy atom. The fourth-order valence-corrected chi connectivity index (χ4v) is 2.25. The van der Waals surface area contributed by atoms with Gasteiger partial charge in [0.2, 0.25) is 11.8 Å². The van der Waals surface area contributed by atoms with E-state index in [9.17, 15) is 14.0 Å². The number of hydrogen-bond acceptors (Lipinski definition) is 3. The molecule has 0 unspecified atom stereocenters. The quantitative estimate of drug-likeness (QED) is 0.713. The molecule has 0 saturated carbocycles. The highest BCUT2D eigenvalue weighted by Crippen LogP contribution is 2.18. The highest BCUT2D eigenvalue weighted by molar-refractivity contribution is 9.10. The van der Waals surface area contributed by atoms with Crippen LogP contribution in [0.1, 0.15) is 5.56 Å². The molecule has 8 heteroatoms. The highest BCUT2D eigenvalue weighted by Gasteiger charge is 2.12. The standard InChI is InChI=1S/C17H18BrFN4O2/c1-21(2)17(25)11-22(3)16(24)7-5-12-4-6-15(14(19)8-12)23-10-13(18)9-20-23/h4-10H,11H2,1-3H3/b7-5+. The van der Waals surface area contributed by atoms with Gasteiger partial charge in [0.15, 0.2) is 0 Å². The molecule has 6 nitrogen and oxygen atoms in total. The Balaban J connectivity index is 2.07. The molecule has 2 amide bonds. The van der Waals surface area contributed by atoms with Gasteiger partial charge in [0.05, 0.1) is 17.2 Å². The molecule has 132 valence electrons. The van der Waals surface area contributed by atoms with Crippen LogP contribution in [-0.2, 0) is 9.59 Å². The van der Waals surface area contributed by atoms with Crippen molar-refractivity contribution < 1.29 is 14.0 Å². The summed E-state index contributed by atoms with van der Waals surface area (Å²) in [6.45, 7) is -0.0162. The molecular weight excluding hydrogens is 391 g/mol. The molecule has 0 radical (unpaired) electrons. The Hall–Kier alpha value is -2.48. The first-order valence-electron chi connectivity index (χ1n) is 7.41. The van der Waals surface area contributed by atoms with E-state index in [0.717, 1.165) is 4.47 Å². The Morgan fingerprint density at radius 3 is 2.60 bits per heavy atom. The lowest BCUT2D eigenvalue weighted by Crippen LogP contribution is -2.36. The van der Waals surface area contributed by atoms with Crippen molar-refractivity contribution in [1.82, 2.24) is 19.6 Å². The molecule has 0 bridgehead atoms. The number of benzene rings is 1. The lowest BCUT2D eigenvalue weighted by Gasteiger charge is -2.17. The van der Waals surface area contributed by atoms with Crippen molar-refractivity contribution in [3.8, 4) is 5.69 Å². The zero-order chi connectivity index (χ0) is 18.6. The second-order valence-electron chi connectivity index (χ2n) is 5.63. The molecule has 25 heavy (non-hydrogen) atoms. The first-order valence-corrected chi connectivity index (χ1v) is 8.20. The Morgan fingerprint density at radius 2 is 2.04 bits per heavy atom. The summed E-state index contributed by atoms with van der Waals surface area (Å²) >= 11 is 3.26. The van der Waals surface area contributed by atoms with E-state index < -0.39 is 5.82 Å². The lowest BCUT2D eigenvalue weighted by molar-refractivity contribution is -0.135. The number of likely N-dealkylation sites (N-methyl/N-ethyl adjacent to an activating group) is 2. The molecule has 0 saturated heterocycles. The van der Waals surface area contributed by atoms with Gasteiger partial charge in [-0.1, -0.05) is 6.07 Å². The van der Waals surface area contributed by atoms with E-state index in [1.165, 1.54) is 39.7 Å². The number of aromatic nitrogens is 2. The number of halogens is 2. The summed E-state index contributed by atoms with van der Waals surface area (Å²) in [6.07, 6.45) is 6.03. The highest BCUT2D eigenvalue weighted by atomic mass is 79.9. The van der Waals surface area contributed by atoms with Gasteiger partial charge in [-0.05, 0) is 39.7 Å². The van der Waals surface area contributed by atoms with Crippen molar-refractivity contribution in [2.45, 2.75) is 0 Å². The summed E-state index contributed by atoms with van der Waals surface area (Å²) in [6, 6.07) is 4.58. The van der Waals surface area contributed by atoms with Gasteiger partial charge in [0.1, 0.15) is 11.5 Å². The SMILES string of the molecule is CN(C)C(=O)CN(C)C(=O)/C=C/c1ccc(-n2cc(Br)cn2)c(F)c1. The van der Waals surface area contributed by atoms with E-state index in [-0.39, 0.29) is 18.4 Å². The van der Waals surface area contributed by atoms with Crippen LogP contribution in [0.4, 0.5) is 4.39 Å². The third-order valence-corrected chi connectivity index (χ3v) is 3.84. The van der Waals surface area contributed by atoms with E-state index >= 15 is 0 Å². The van der Waals surface area contributed by atoms with Crippen LogP contribution >= 0.6 is 15.9 Å². The summed E-state index contributed by atoms with van der Waals surface area (Å²) in [5.74, 6) is -0.970. The molecule has 2 aromatic rings. The van der Waals surface area contributed by atoms with Gasteiger partial charge >= 0.3 is 0 Å². The minimum atomic E-state index is -0.457. The molecular formula is C17H18BrFN4O2. The van der Waals surface area contributed by atoms with Gasteiger partial charge in [0, 0.05) is 33.4 Å². The van der Waals surface area contributed by atoms with Crippen molar-refractivity contribution in [3.05, 3.63) is 52.5 Å². The van der Waals surface area contributed by atoms with Crippen LogP contribution in [0.3, 0.4) is 0 Å². The number of nitrogens with zero attached hydrogens (tertiary/aromatic N) is 4. The van der Waals surface area contributed by atoms with E-state index in [4.69, 9.17) is 0 Å². The van der Waals surface area contributed by atoms with Gasteiger partial charge in [-0.25, -0.2) is 9.07 Å². The van der Waals surface area contributed by atoms with Gasteiger partial charge < -0.3 is 9.80 Å². The van der Waals surface area contributed by atoms with Crippen LogP contribution in [0, 0.1) is 5.82 Å². The fraction of sp³-hybridized carbons (Fsp3) is 0.235. The van der Waals surface area contributed by atoms with Crippen molar-refractivity contribution >= 4 is 33.8 Å². The normalized spacial score (nSPS) is 10.9. The Bertz CT molecular complexity index is 817. The molecule has 1 aromatic heterocycles. The van der Waals surface area contributed by atoms with Crippen LogP contribution in [0.15, 0.2) is 41.1 Å². The van der Waals surface area contributed by atoms with Gasteiger partial charge in [-0.3, -0.25) is 9.59 Å². The zero-order valence-corrected chi connectivity index (χ0v) is 15.7. The smallest absolute Gasteiger partial charge is 0.246 e. The first-order chi connectivity index (χ1) is 11.8. The van der Waals surface area contributed by atoms with E-state index in [1.54, 1.807) is 38.6 Å². The fourth-order valence-electron chi connectivity index (χ4n) is 1.96. The molecule has 1 aromatic carbocycles. The molecule has 0 aliphatic carbocycles. The molecule has 2 rings (SSSR count). The molecule has 0 fully saturated rings. The van der Waals surface area contributed by atoms with E-state index in [0.29, 0.717) is 11.3 Å². The maximum atomic E-state index is 14.2. The maximum absolute atomic E-state index is 14.2. The second kappa shape index (κ2) is 8.06. The third kappa shape index (κ3) is 4.99. The van der Waals surface area contributed by atoms with Crippen LogP contribution in [0.25, 0.3) is 11.8 Å². The topological polar surface area (TPSA) is 58.4 Å². The number of carbonyl (C=O) groups is 2. The molecule has 0 atom stereocenters. The third-order valence-electron chi connectivity index (χ3n) is 3.44. The van der Waals surface area contributed by atoms with Crippen molar-refractivity contribution in [2.75, 3.05) is 27.7 Å². The number of carbonyl (C=O) groups excluding carboxylic acids is 2. The molecule has 1 heterocycles. The van der Waals surface area contributed by atoms with Crippen molar-refractivity contribution in [1.29, 1.82) is 0 Å². The maximum Gasteiger partial charge on any atom is 0.246 e. The molecule has 0 N–H and O–H groups in total. The molecule has 0 spiro atoms. The van der Waals surface area contributed by atoms with E-state index in [1.807, 2.05) is 0 Å². The summed E-state index contributed by atoms with van der Waals surface area (Å²) in [4.78, 5) is 26.3. The van der Waals surface area contributed by atoms with Gasteiger partial charge in [-0.2, -0.15) is 5.10 Å². The minimum absolute atomic E-state index is 0.0162. The van der Waals surface area contributed by atoms with Crippen LogP contribution < -0.4 is 0 Å². The van der Waals surface area contributed by atoms with Crippen molar-refractivity contribution in [3.63, 3.8) is 0 Å².